The average molecular weight is 443 g/mol. The summed E-state index contributed by atoms with van der Waals surface area (Å²) >= 11 is 11.6. The highest BCUT2D eigenvalue weighted by Gasteiger charge is 2.39. The Morgan fingerprint density at radius 1 is 1.00 bits per heavy atom. The Bertz CT molecular complexity index is 986. The first-order chi connectivity index (χ1) is 13.7. The number of carbonyl (C=O) groups excluding carboxylic acids is 1. The van der Waals surface area contributed by atoms with Crippen LogP contribution >= 0.6 is 23.2 Å². The van der Waals surface area contributed by atoms with Crippen LogP contribution < -0.4 is 10.6 Å². The Morgan fingerprint density at radius 2 is 1.59 bits per heavy atom. The lowest BCUT2D eigenvalue weighted by atomic mass is 10.1. The van der Waals surface area contributed by atoms with E-state index in [0.717, 1.165) is 11.8 Å². The number of urea groups is 1. The fourth-order valence-corrected chi connectivity index (χ4v) is 2.88. The van der Waals surface area contributed by atoms with Crippen molar-refractivity contribution in [1.29, 1.82) is 0 Å². The van der Waals surface area contributed by atoms with Crippen molar-refractivity contribution >= 4 is 34.9 Å². The maximum Gasteiger partial charge on any atom is 0.435 e. The molecule has 3 aromatic rings. The molecule has 0 spiro atoms. The second kappa shape index (κ2) is 8.75. The SMILES string of the molecule is O=C(NCCc1ccc(Cl)cc1)Nc1cnn(-c2ccc(Cl)cc2)c1C(F)(F)F. The van der Waals surface area contributed by atoms with Gasteiger partial charge in [0.1, 0.15) is 0 Å². The van der Waals surface area contributed by atoms with Crippen LogP contribution in [-0.4, -0.2) is 22.4 Å². The molecule has 1 heterocycles. The Balaban J connectivity index is 1.70. The van der Waals surface area contributed by atoms with Gasteiger partial charge in [0.2, 0.25) is 0 Å². The number of hydrogen-bond donors (Lipinski definition) is 2. The lowest BCUT2D eigenvalue weighted by Crippen LogP contribution is -2.31. The van der Waals surface area contributed by atoms with Crippen LogP contribution in [0.25, 0.3) is 5.69 Å². The summed E-state index contributed by atoms with van der Waals surface area (Å²) in [6, 6.07) is 12.0. The van der Waals surface area contributed by atoms with Gasteiger partial charge in [-0.15, -0.1) is 0 Å². The van der Waals surface area contributed by atoms with Crippen LogP contribution in [0, 0.1) is 0 Å². The summed E-state index contributed by atoms with van der Waals surface area (Å²) in [5, 5.41) is 9.48. The Morgan fingerprint density at radius 3 is 2.17 bits per heavy atom. The van der Waals surface area contributed by atoms with Gasteiger partial charge >= 0.3 is 12.2 Å². The van der Waals surface area contributed by atoms with Gasteiger partial charge < -0.3 is 10.6 Å². The highest BCUT2D eigenvalue weighted by atomic mass is 35.5. The number of nitrogens with one attached hydrogen (secondary N) is 2. The van der Waals surface area contributed by atoms with Gasteiger partial charge in [-0.05, 0) is 48.4 Å². The number of benzene rings is 2. The van der Waals surface area contributed by atoms with Crippen LogP contribution in [0.4, 0.5) is 23.7 Å². The summed E-state index contributed by atoms with van der Waals surface area (Å²) < 4.78 is 41.5. The normalized spacial score (nSPS) is 11.3. The van der Waals surface area contributed by atoms with Crippen LogP contribution in [0.5, 0.6) is 0 Å². The van der Waals surface area contributed by atoms with Crippen LogP contribution in [0.15, 0.2) is 54.7 Å². The Kier molecular flexibility index (Phi) is 6.34. The van der Waals surface area contributed by atoms with Gasteiger partial charge in [-0.3, -0.25) is 0 Å². The maximum absolute atomic E-state index is 13.6. The molecule has 0 bridgehead atoms. The van der Waals surface area contributed by atoms with Gasteiger partial charge in [-0.1, -0.05) is 35.3 Å². The fourth-order valence-electron chi connectivity index (χ4n) is 2.63. The molecule has 1 aromatic heterocycles. The third kappa shape index (κ3) is 5.42. The van der Waals surface area contributed by atoms with Crippen molar-refractivity contribution in [2.45, 2.75) is 12.6 Å². The first-order valence-corrected chi connectivity index (χ1v) is 9.20. The minimum Gasteiger partial charge on any atom is -0.338 e. The number of carbonyl (C=O) groups is 1. The minimum atomic E-state index is -4.73. The quantitative estimate of drug-likeness (QED) is 0.543. The van der Waals surface area contributed by atoms with Crippen molar-refractivity contribution in [3.8, 4) is 5.69 Å². The zero-order chi connectivity index (χ0) is 21.0. The highest BCUT2D eigenvalue weighted by molar-refractivity contribution is 6.30. The Labute approximate surface area is 174 Å². The highest BCUT2D eigenvalue weighted by Crippen LogP contribution is 2.36. The molecule has 2 amide bonds. The van der Waals surface area contributed by atoms with Crippen molar-refractivity contribution in [3.05, 3.63) is 76.0 Å². The molecule has 152 valence electrons. The van der Waals surface area contributed by atoms with Crippen LogP contribution in [0.1, 0.15) is 11.3 Å². The molecule has 10 heteroatoms. The smallest absolute Gasteiger partial charge is 0.338 e. The first-order valence-electron chi connectivity index (χ1n) is 8.44. The molecule has 0 aliphatic rings. The largest absolute Gasteiger partial charge is 0.435 e. The molecule has 0 atom stereocenters. The van der Waals surface area contributed by atoms with Gasteiger partial charge in [0.15, 0.2) is 5.69 Å². The van der Waals surface area contributed by atoms with E-state index < -0.39 is 23.6 Å². The van der Waals surface area contributed by atoms with Crippen molar-refractivity contribution in [2.75, 3.05) is 11.9 Å². The third-order valence-corrected chi connectivity index (χ3v) is 4.47. The number of aromatic nitrogens is 2. The van der Waals surface area contributed by atoms with E-state index in [2.05, 4.69) is 15.7 Å². The molecule has 0 radical (unpaired) electrons. The molecule has 29 heavy (non-hydrogen) atoms. The van der Waals surface area contributed by atoms with Crippen molar-refractivity contribution in [3.63, 3.8) is 0 Å². The summed E-state index contributed by atoms with van der Waals surface area (Å²) in [5.74, 6) is 0. The van der Waals surface area contributed by atoms with Gasteiger partial charge in [0, 0.05) is 16.6 Å². The summed E-state index contributed by atoms with van der Waals surface area (Å²) in [6.07, 6.45) is -3.28. The van der Waals surface area contributed by atoms with E-state index in [1.165, 1.54) is 24.3 Å². The second-order valence-electron chi connectivity index (χ2n) is 6.05. The maximum atomic E-state index is 13.6. The molecule has 3 rings (SSSR count). The molecular weight excluding hydrogens is 428 g/mol. The molecule has 2 N–H and O–H groups in total. The predicted molar refractivity (Wildman–Crippen MR) is 106 cm³/mol. The molecule has 0 aliphatic heterocycles. The van der Waals surface area contributed by atoms with Crippen LogP contribution in [0.3, 0.4) is 0 Å². The summed E-state index contributed by atoms with van der Waals surface area (Å²) in [5.41, 5.74) is -0.441. The number of hydrogen-bond acceptors (Lipinski definition) is 2. The Hall–Kier alpha value is -2.71. The van der Waals surface area contributed by atoms with Crippen LogP contribution in [-0.2, 0) is 12.6 Å². The summed E-state index contributed by atoms with van der Waals surface area (Å²) in [7, 11) is 0. The minimum absolute atomic E-state index is 0.165. The van der Waals surface area contributed by atoms with Gasteiger partial charge in [0.25, 0.3) is 0 Å². The monoisotopic (exact) mass is 442 g/mol. The number of rotatable bonds is 5. The van der Waals surface area contributed by atoms with E-state index in [9.17, 15) is 18.0 Å². The van der Waals surface area contributed by atoms with E-state index in [1.807, 2.05) is 0 Å². The number of halogens is 5. The molecule has 2 aromatic carbocycles. The van der Waals surface area contributed by atoms with E-state index >= 15 is 0 Å². The van der Waals surface area contributed by atoms with Crippen molar-refractivity contribution in [1.82, 2.24) is 15.1 Å². The van der Waals surface area contributed by atoms with Gasteiger partial charge in [0.05, 0.1) is 17.6 Å². The zero-order valence-corrected chi connectivity index (χ0v) is 16.3. The molecule has 0 saturated heterocycles. The molecule has 0 fully saturated rings. The number of anilines is 1. The lowest BCUT2D eigenvalue weighted by molar-refractivity contribution is -0.142. The van der Waals surface area contributed by atoms with E-state index in [-0.39, 0.29) is 12.2 Å². The van der Waals surface area contributed by atoms with E-state index in [0.29, 0.717) is 21.1 Å². The number of amides is 2. The predicted octanol–water partition coefficient (Wildman–Crippen LogP) is 5.56. The third-order valence-electron chi connectivity index (χ3n) is 3.97. The molecule has 0 unspecified atom stereocenters. The van der Waals surface area contributed by atoms with Crippen molar-refractivity contribution < 1.29 is 18.0 Å². The standard InChI is InChI=1S/C19H15Cl2F3N4O/c20-13-3-1-12(2-4-13)9-10-25-18(29)27-16-11-26-28(17(16)19(22,23)24)15-7-5-14(21)6-8-15/h1-8,11H,9-10H2,(H2,25,27,29). The molecule has 5 nitrogen and oxygen atoms in total. The lowest BCUT2D eigenvalue weighted by Gasteiger charge is -2.13. The van der Waals surface area contributed by atoms with E-state index in [1.54, 1.807) is 24.3 Å². The average Bonchev–Trinajstić information content (AvgIpc) is 3.08. The first kappa shape index (κ1) is 21.0. The molecular formula is C19H15Cl2F3N4O. The summed E-state index contributed by atoms with van der Waals surface area (Å²) in [4.78, 5) is 12.1. The number of alkyl halides is 3. The fraction of sp³-hybridized carbons (Fsp3) is 0.158. The topological polar surface area (TPSA) is 59.0 Å². The van der Waals surface area contributed by atoms with E-state index in [4.69, 9.17) is 23.2 Å². The van der Waals surface area contributed by atoms with Gasteiger partial charge in [-0.2, -0.15) is 18.3 Å². The molecule has 0 aliphatic carbocycles. The zero-order valence-electron chi connectivity index (χ0n) is 14.8. The van der Waals surface area contributed by atoms with Crippen molar-refractivity contribution in [2.24, 2.45) is 0 Å². The van der Waals surface area contributed by atoms with Gasteiger partial charge in [-0.25, -0.2) is 9.48 Å². The van der Waals surface area contributed by atoms with Crippen LogP contribution in [0.2, 0.25) is 10.0 Å². The second-order valence-corrected chi connectivity index (χ2v) is 6.92. The summed E-state index contributed by atoms with van der Waals surface area (Å²) in [6.45, 7) is 0.236. The molecule has 0 saturated carbocycles. The number of nitrogens with zero attached hydrogens (tertiary/aromatic N) is 2.